The van der Waals surface area contributed by atoms with Crippen LogP contribution in [-0.4, -0.2) is 99.3 Å². The number of piperidine rings is 1. The van der Waals surface area contributed by atoms with E-state index in [4.69, 9.17) is 4.74 Å². The van der Waals surface area contributed by atoms with Gasteiger partial charge >= 0.3 is 30.2 Å². The predicted molar refractivity (Wildman–Crippen MR) is 232 cm³/mol. The molecular formula is C46H52F7N7O7. The summed E-state index contributed by atoms with van der Waals surface area (Å²) in [7, 11) is 0. The van der Waals surface area contributed by atoms with Gasteiger partial charge in [0.1, 0.15) is 11.6 Å². The fourth-order valence-electron chi connectivity index (χ4n) is 8.13. The van der Waals surface area contributed by atoms with Crippen LogP contribution in [0.2, 0.25) is 0 Å². The Balaban J connectivity index is 1.15. The number of nitrogens with zero attached hydrogens (tertiary/aromatic N) is 2. The van der Waals surface area contributed by atoms with Crippen molar-refractivity contribution in [3.8, 4) is 11.1 Å². The summed E-state index contributed by atoms with van der Waals surface area (Å²) in [4.78, 5) is 70.6. The summed E-state index contributed by atoms with van der Waals surface area (Å²) < 4.78 is 100. The molecule has 1 aliphatic carbocycles. The number of imidazole rings is 1. The summed E-state index contributed by atoms with van der Waals surface area (Å²) in [5.41, 5.74) is 1.95. The molecule has 6 rings (SSSR count). The molecule has 6 N–H and O–H groups in total. The molecule has 2 aliphatic rings. The molecule has 2 fully saturated rings. The van der Waals surface area contributed by atoms with E-state index in [2.05, 4.69) is 26.3 Å². The maximum atomic E-state index is 14.5. The van der Waals surface area contributed by atoms with Crippen molar-refractivity contribution in [2.75, 3.05) is 25.0 Å². The topological polar surface area (TPSA) is 195 Å². The Kier molecular flexibility index (Phi) is 14.8. The third-order valence-corrected chi connectivity index (χ3v) is 11.9. The van der Waals surface area contributed by atoms with Crippen molar-refractivity contribution in [2.45, 2.75) is 108 Å². The van der Waals surface area contributed by atoms with E-state index in [0.29, 0.717) is 69.3 Å². The van der Waals surface area contributed by atoms with E-state index in [-0.39, 0.29) is 41.0 Å². The highest BCUT2D eigenvalue weighted by atomic mass is 19.4. The number of carboxylic acid groups (broad SMARTS) is 1. The number of carbonyl (C=O) groups is 5. The third kappa shape index (κ3) is 12.1. The largest absolute Gasteiger partial charge is 0.465 e. The maximum Gasteiger partial charge on any atom is 0.460 e. The number of likely N-dealkylation sites (tertiary alicyclic amines) is 1. The Bertz CT molecular complexity index is 2460. The minimum absolute atomic E-state index is 0.0360. The van der Waals surface area contributed by atoms with Gasteiger partial charge in [-0.2, -0.15) is 30.7 Å². The van der Waals surface area contributed by atoms with Gasteiger partial charge in [-0.05, 0) is 125 Å². The Morgan fingerprint density at radius 3 is 2.12 bits per heavy atom. The molecular weight excluding hydrogens is 896 g/mol. The van der Waals surface area contributed by atoms with Gasteiger partial charge in [0, 0.05) is 49.3 Å². The third-order valence-electron chi connectivity index (χ3n) is 11.9. The molecule has 2 heterocycles. The molecule has 0 bridgehead atoms. The van der Waals surface area contributed by atoms with Crippen molar-refractivity contribution in [3.05, 3.63) is 83.2 Å². The lowest BCUT2D eigenvalue weighted by Gasteiger charge is -2.30. The van der Waals surface area contributed by atoms with Crippen LogP contribution in [0.25, 0.3) is 22.2 Å². The Morgan fingerprint density at radius 1 is 0.866 bits per heavy atom. The number of fused-ring (bicyclic) bond motifs is 1. The second-order valence-corrected chi connectivity index (χ2v) is 18.1. The van der Waals surface area contributed by atoms with Crippen LogP contribution >= 0.6 is 0 Å². The lowest BCUT2D eigenvalue weighted by atomic mass is 9.81. The van der Waals surface area contributed by atoms with Crippen molar-refractivity contribution >= 4 is 46.6 Å². The number of aromatic amines is 1. The van der Waals surface area contributed by atoms with Crippen LogP contribution in [0.15, 0.2) is 60.7 Å². The predicted octanol–water partition coefficient (Wildman–Crippen LogP) is 8.70. The van der Waals surface area contributed by atoms with Crippen LogP contribution in [0.3, 0.4) is 0 Å². The van der Waals surface area contributed by atoms with Gasteiger partial charge in [-0.25, -0.2) is 14.6 Å². The van der Waals surface area contributed by atoms with Gasteiger partial charge in [0.15, 0.2) is 5.82 Å². The van der Waals surface area contributed by atoms with Crippen LogP contribution in [0.5, 0.6) is 0 Å². The quantitative estimate of drug-likeness (QED) is 0.0717. The number of halogens is 7. The summed E-state index contributed by atoms with van der Waals surface area (Å²) in [6.07, 6.45) is -5.04. The highest BCUT2D eigenvalue weighted by Crippen LogP contribution is 2.51. The van der Waals surface area contributed by atoms with Gasteiger partial charge in [-0.1, -0.05) is 30.3 Å². The second kappa shape index (κ2) is 19.8. The molecule has 67 heavy (non-hydrogen) atoms. The van der Waals surface area contributed by atoms with Gasteiger partial charge in [-0.3, -0.25) is 14.4 Å². The van der Waals surface area contributed by atoms with E-state index in [1.54, 1.807) is 63.2 Å². The molecule has 0 spiro atoms. The first kappa shape index (κ1) is 50.0. The molecule has 3 aromatic carbocycles. The lowest BCUT2D eigenvalue weighted by molar-refractivity contribution is -0.361. The smallest absolute Gasteiger partial charge is 0.460 e. The normalized spacial score (nSPS) is 17.9. The number of aryl methyl sites for hydroxylation is 1. The average Bonchev–Trinajstić information content (AvgIpc) is 3.69. The molecule has 1 saturated carbocycles. The molecule has 362 valence electrons. The number of alkyl halides is 7. The van der Waals surface area contributed by atoms with Gasteiger partial charge in [-0.15, -0.1) is 0 Å². The fraction of sp³-hybridized carbons (Fsp3) is 0.478. The Labute approximate surface area is 380 Å². The zero-order valence-electron chi connectivity index (χ0n) is 37.1. The van der Waals surface area contributed by atoms with Crippen molar-refractivity contribution in [3.63, 3.8) is 0 Å². The monoisotopic (exact) mass is 947 g/mol. The van der Waals surface area contributed by atoms with Crippen molar-refractivity contribution < 1.29 is 64.5 Å². The number of ether oxygens (including phenoxy) is 1. The van der Waals surface area contributed by atoms with E-state index in [0.717, 1.165) is 28.8 Å². The van der Waals surface area contributed by atoms with Gasteiger partial charge in [0.05, 0.1) is 11.0 Å². The van der Waals surface area contributed by atoms with Gasteiger partial charge < -0.3 is 41.0 Å². The molecule has 4 aromatic rings. The van der Waals surface area contributed by atoms with Crippen molar-refractivity contribution in [2.24, 2.45) is 11.8 Å². The van der Waals surface area contributed by atoms with Crippen molar-refractivity contribution in [1.29, 1.82) is 0 Å². The number of benzene rings is 3. The minimum atomic E-state index is -6.58. The average molecular weight is 948 g/mol. The SMILES string of the molecule is Cc1cc(C(=O)NC2CCN(C(=O)O)CC2)ccc1-c1ccc(C[C@H](NC(=O)[C@H]2CC[C@H](CNC(=O)OC(C)(C)C)CC2)C(=O)Nc2ccc3nc(C(F)(F)C(F)(F)C(F)(F)F)[nH]c3c2)cc1. The number of rotatable bonds is 13. The summed E-state index contributed by atoms with van der Waals surface area (Å²) in [6.45, 7) is 8.09. The van der Waals surface area contributed by atoms with Crippen LogP contribution in [-0.2, 0) is 26.7 Å². The van der Waals surface area contributed by atoms with Crippen molar-refractivity contribution in [1.82, 2.24) is 30.8 Å². The van der Waals surface area contributed by atoms with Crippen LogP contribution in [0, 0.1) is 18.8 Å². The van der Waals surface area contributed by atoms with Crippen LogP contribution in [0.4, 0.5) is 46.0 Å². The zero-order valence-corrected chi connectivity index (χ0v) is 37.1. The fourth-order valence-corrected chi connectivity index (χ4v) is 8.13. The zero-order chi connectivity index (χ0) is 49.1. The number of nitrogens with one attached hydrogen (secondary N) is 5. The number of alkyl carbamates (subject to hydrolysis) is 1. The molecule has 1 aliphatic heterocycles. The number of hydrogen-bond donors (Lipinski definition) is 6. The van der Waals surface area contributed by atoms with Crippen LogP contribution in [0.1, 0.15) is 86.6 Å². The number of aromatic nitrogens is 2. The van der Waals surface area contributed by atoms with E-state index in [1.807, 2.05) is 11.9 Å². The molecule has 14 nitrogen and oxygen atoms in total. The molecule has 1 atom stereocenters. The Hall–Kier alpha value is -6.41. The molecule has 21 heteroatoms. The number of amides is 5. The minimum Gasteiger partial charge on any atom is -0.465 e. The molecule has 0 radical (unpaired) electrons. The van der Waals surface area contributed by atoms with Gasteiger partial charge in [0.25, 0.3) is 5.91 Å². The standard InChI is InChI=1S/C46H52F7N7O7/c1-25-21-30(38(62)55-31-17-19-60(20-18-31)42(65)66)13-15-33(25)28-9-5-26(6-10-28)22-36(57-37(61)29-11-7-27(8-12-29)24-54-41(64)67-43(2,3)4)39(63)56-32-14-16-34-35(23-32)59-40(58-34)44(47,48)45(49,50)46(51,52)53/h5-6,9-10,13-16,21,23,27,29,31,36H,7-8,11-12,17-20,22,24H2,1-4H3,(H,54,64)(H,55,62)(H,56,63)(H,57,61)(H,58,59)(H,65,66)/t27-,29-,36-/m0/s1. The summed E-state index contributed by atoms with van der Waals surface area (Å²) in [5.74, 6) is -16.0. The summed E-state index contributed by atoms with van der Waals surface area (Å²) in [5, 5.41) is 20.3. The highest BCUT2D eigenvalue weighted by molar-refractivity contribution is 5.99. The number of carbonyl (C=O) groups excluding carboxylic acids is 4. The highest BCUT2D eigenvalue weighted by Gasteiger charge is 2.75. The first-order valence-corrected chi connectivity index (χ1v) is 21.7. The number of anilines is 1. The second-order valence-electron chi connectivity index (χ2n) is 18.1. The molecule has 0 unspecified atom stereocenters. The van der Waals surface area contributed by atoms with E-state index in [1.165, 1.54) is 11.0 Å². The van der Waals surface area contributed by atoms with E-state index in [9.17, 15) is 59.8 Å². The molecule has 1 aromatic heterocycles. The first-order chi connectivity index (χ1) is 31.3. The molecule has 1 saturated heterocycles. The van der Waals surface area contributed by atoms with E-state index < -0.39 is 65.4 Å². The lowest BCUT2D eigenvalue weighted by Crippen LogP contribution is -2.50. The number of hydrogen-bond acceptors (Lipinski definition) is 7. The number of H-pyrrole nitrogens is 1. The summed E-state index contributed by atoms with van der Waals surface area (Å²) >= 11 is 0. The summed E-state index contributed by atoms with van der Waals surface area (Å²) in [6, 6.07) is 14.2. The van der Waals surface area contributed by atoms with Crippen LogP contribution < -0.4 is 21.3 Å². The Morgan fingerprint density at radius 2 is 1.52 bits per heavy atom. The van der Waals surface area contributed by atoms with Gasteiger partial charge in [0.2, 0.25) is 11.8 Å². The maximum absolute atomic E-state index is 14.5. The first-order valence-electron chi connectivity index (χ1n) is 21.7. The van der Waals surface area contributed by atoms with E-state index >= 15 is 0 Å². The molecule has 5 amide bonds.